The molecule has 5 atom stereocenters. The summed E-state index contributed by atoms with van der Waals surface area (Å²) in [5.74, 6) is -1.39. The molecule has 92 heavy (non-hydrogen) atoms. The Morgan fingerprint density at radius 1 is 0.293 bits per heavy atom. The van der Waals surface area contributed by atoms with Crippen LogP contribution >= 0.6 is 15.6 Å². The van der Waals surface area contributed by atoms with Crippen LogP contribution in [-0.2, 0) is 65.4 Å². The van der Waals surface area contributed by atoms with E-state index in [9.17, 15) is 43.2 Å². The average Bonchev–Trinajstić information content (AvgIpc) is 1.67. The van der Waals surface area contributed by atoms with E-state index in [1.54, 1.807) is 0 Å². The van der Waals surface area contributed by atoms with Gasteiger partial charge in [0.1, 0.15) is 19.3 Å². The highest BCUT2D eigenvalue weighted by atomic mass is 31.2. The van der Waals surface area contributed by atoms with E-state index in [4.69, 9.17) is 37.0 Å². The highest BCUT2D eigenvalue weighted by molar-refractivity contribution is 7.47. The predicted molar refractivity (Wildman–Crippen MR) is 372 cm³/mol. The second kappa shape index (κ2) is 66.3. The van der Waals surface area contributed by atoms with E-state index >= 15 is 0 Å². The van der Waals surface area contributed by atoms with Gasteiger partial charge in [0.2, 0.25) is 0 Å². The number of esters is 4. The highest BCUT2D eigenvalue weighted by Crippen LogP contribution is 2.45. The number of hydrogen-bond donors (Lipinski definition) is 3. The summed E-state index contributed by atoms with van der Waals surface area (Å²) in [7, 11) is -9.89. The molecule has 19 heteroatoms. The summed E-state index contributed by atoms with van der Waals surface area (Å²) in [6.45, 7) is 7.15. The summed E-state index contributed by atoms with van der Waals surface area (Å²) >= 11 is 0. The van der Waals surface area contributed by atoms with Gasteiger partial charge in [0.15, 0.2) is 12.2 Å². The zero-order valence-corrected chi connectivity index (χ0v) is 61.5. The lowest BCUT2D eigenvalue weighted by molar-refractivity contribution is -0.161. The molecule has 0 saturated heterocycles. The van der Waals surface area contributed by atoms with Crippen molar-refractivity contribution in [1.29, 1.82) is 0 Å². The first-order valence-corrected chi connectivity index (χ1v) is 41.1. The maximum Gasteiger partial charge on any atom is 0.472 e. The Balaban J connectivity index is 5.11. The fraction of sp³-hybridized carbons (Fsp3) is 0.945. The van der Waals surface area contributed by atoms with Gasteiger partial charge in [-0.3, -0.25) is 37.3 Å². The van der Waals surface area contributed by atoms with E-state index in [1.165, 1.54) is 199 Å². The number of aliphatic hydroxyl groups is 1. The first-order valence-electron chi connectivity index (χ1n) is 38.1. The minimum Gasteiger partial charge on any atom is -0.462 e. The van der Waals surface area contributed by atoms with Crippen LogP contribution in [0, 0.1) is 5.92 Å². The van der Waals surface area contributed by atoms with Crippen LogP contribution in [0.5, 0.6) is 0 Å². The Bertz CT molecular complexity index is 1770. The van der Waals surface area contributed by atoms with Gasteiger partial charge in [0.25, 0.3) is 0 Å². The summed E-state index contributed by atoms with van der Waals surface area (Å²) in [6, 6.07) is 0. The number of phosphoric ester groups is 2. The molecular weight excluding hydrogens is 1210 g/mol. The Labute approximate surface area is 562 Å². The molecule has 0 aliphatic carbocycles. The molecule has 0 aromatic rings. The van der Waals surface area contributed by atoms with E-state index in [1.807, 2.05) is 0 Å². The zero-order valence-electron chi connectivity index (χ0n) is 59.7. The van der Waals surface area contributed by atoms with Gasteiger partial charge in [-0.1, -0.05) is 330 Å². The van der Waals surface area contributed by atoms with Gasteiger partial charge in [-0.15, -0.1) is 0 Å². The standard InChI is InChI=1S/C73H142O17P2/c1-6-9-12-15-17-19-21-23-25-26-27-28-29-30-31-33-35-39-43-48-53-58-72(77)90-69(63-84-71(76)57-52-47-42-38-34-32-24-22-20-18-16-13-10-7-2)65-88-92(81,82)86-61-67(74)60-85-91(79,80)87-64-68(62-83-70(75)56-51-45-14-11-8-3)89-73(78)59-54-49-44-40-36-37-41-46-50-55-66(4)5/h66-69,74H,6-65H2,1-5H3,(H,79,80)(H,81,82)/t67-,68+,69+/m0/s1. The van der Waals surface area contributed by atoms with Crippen molar-refractivity contribution >= 4 is 39.5 Å². The van der Waals surface area contributed by atoms with Gasteiger partial charge in [0, 0.05) is 25.7 Å². The van der Waals surface area contributed by atoms with Crippen LogP contribution < -0.4 is 0 Å². The van der Waals surface area contributed by atoms with Crippen molar-refractivity contribution in [3.63, 3.8) is 0 Å². The second-order valence-corrected chi connectivity index (χ2v) is 29.7. The van der Waals surface area contributed by atoms with Gasteiger partial charge < -0.3 is 33.8 Å². The number of rotatable bonds is 73. The van der Waals surface area contributed by atoms with Crippen LogP contribution in [0.4, 0.5) is 0 Å². The number of hydrogen-bond acceptors (Lipinski definition) is 15. The third-order valence-corrected chi connectivity index (χ3v) is 18.9. The molecule has 0 spiro atoms. The average molecular weight is 1350 g/mol. The van der Waals surface area contributed by atoms with Crippen molar-refractivity contribution in [2.45, 2.75) is 400 Å². The summed E-state index contributed by atoms with van der Waals surface area (Å²) in [5, 5.41) is 10.6. The maximum atomic E-state index is 13.1. The molecule has 0 aliphatic rings. The first kappa shape index (κ1) is 90.1. The molecule has 0 aromatic heterocycles. The summed E-state index contributed by atoms with van der Waals surface area (Å²) in [5.41, 5.74) is 0. The maximum absolute atomic E-state index is 13.1. The molecule has 0 heterocycles. The van der Waals surface area contributed by atoms with Crippen molar-refractivity contribution in [1.82, 2.24) is 0 Å². The molecule has 2 unspecified atom stereocenters. The third kappa shape index (κ3) is 66.7. The molecule has 3 N–H and O–H groups in total. The van der Waals surface area contributed by atoms with E-state index in [0.29, 0.717) is 25.7 Å². The van der Waals surface area contributed by atoms with Crippen molar-refractivity contribution < 1.29 is 80.2 Å². The van der Waals surface area contributed by atoms with E-state index in [-0.39, 0.29) is 25.7 Å². The fourth-order valence-electron chi connectivity index (χ4n) is 11.2. The van der Waals surface area contributed by atoms with Crippen molar-refractivity contribution in [3.8, 4) is 0 Å². The van der Waals surface area contributed by atoms with Crippen molar-refractivity contribution in [2.75, 3.05) is 39.6 Å². The minimum atomic E-state index is -4.95. The number of unbranched alkanes of at least 4 members (excludes halogenated alkanes) is 45. The molecule has 0 saturated carbocycles. The van der Waals surface area contributed by atoms with Gasteiger partial charge in [-0.05, 0) is 31.6 Å². The van der Waals surface area contributed by atoms with Gasteiger partial charge in [-0.2, -0.15) is 0 Å². The van der Waals surface area contributed by atoms with E-state index in [2.05, 4.69) is 34.6 Å². The van der Waals surface area contributed by atoms with Crippen LogP contribution in [0.25, 0.3) is 0 Å². The largest absolute Gasteiger partial charge is 0.472 e. The quantitative estimate of drug-likeness (QED) is 0.0222. The monoisotopic (exact) mass is 1350 g/mol. The van der Waals surface area contributed by atoms with Gasteiger partial charge >= 0.3 is 39.5 Å². The Morgan fingerprint density at radius 2 is 0.500 bits per heavy atom. The van der Waals surface area contributed by atoms with Crippen LogP contribution in [0.1, 0.15) is 381 Å². The summed E-state index contributed by atoms with van der Waals surface area (Å²) < 4.78 is 68.2. The van der Waals surface area contributed by atoms with Gasteiger partial charge in [-0.25, -0.2) is 9.13 Å². The SMILES string of the molecule is CCCCCCCCCCCCCCCCCCCCCCCC(=O)O[C@H](COC(=O)CCCCCCCCCCCCCCCC)COP(=O)(O)OC[C@@H](O)COP(=O)(O)OC[C@@H](COC(=O)CCCCCCC)OC(=O)CCCCCCCCCCCC(C)C. The first-order chi connectivity index (χ1) is 44.5. The van der Waals surface area contributed by atoms with E-state index in [0.717, 1.165) is 102 Å². The predicted octanol–water partition coefficient (Wildman–Crippen LogP) is 21.3. The van der Waals surface area contributed by atoms with Gasteiger partial charge in [0.05, 0.1) is 26.4 Å². The van der Waals surface area contributed by atoms with Crippen LogP contribution in [-0.4, -0.2) is 96.7 Å². The normalized spacial score (nSPS) is 14.0. The lowest BCUT2D eigenvalue weighted by atomic mass is 10.0. The number of carbonyl (C=O) groups excluding carboxylic acids is 4. The molecule has 0 radical (unpaired) electrons. The third-order valence-electron chi connectivity index (χ3n) is 17.0. The van der Waals surface area contributed by atoms with Crippen molar-refractivity contribution in [2.24, 2.45) is 5.92 Å². The molecule has 17 nitrogen and oxygen atoms in total. The summed E-state index contributed by atoms with van der Waals surface area (Å²) in [4.78, 5) is 72.4. The fourth-order valence-corrected chi connectivity index (χ4v) is 12.8. The van der Waals surface area contributed by atoms with E-state index < -0.39 is 97.5 Å². The summed E-state index contributed by atoms with van der Waals surface area (Å²) in [6.07, 6.45) is 54.6. The smallest absolute Gasteiger partial charge is 0.462 e. The number of phosphoric acid groups is 2. The lowest BCUT2D eigenvalue weighted by Gasteiger charge is -2.21. The topological polar surface area (TPSA) is 237 Å². The van der Waals surface area contributed by atoms with Crippen LogP contribution in [0.15, 0.2) is 0 Å². The lowest BCUT2D eigenvalue weighted by Crippen LogP contribution is -2.30. The van der Waals surface area contributed by atoms with Crippen LogP contribution in [0.2, 0.25) is 0 Å². The Morgan fingerprint density at radius 3 is 0.739 bits per heavy atom. The number of carbonyl (C=O) groups is 4. The Kier molecular flexibility index (Phi) is 64.9. The molecule has 0 bridgehead atoms. The molecule has 0 rings (SSSR count). The number of ether oxygens (including phenoxy) is 4. The molecule has 0 aromatic carbocycles. The second-order valence-electron chi connectivity index (χ2n) is 26.8. The molecule has 0 aliphatic heterocycles. The highest BCUT2D eigenvalue weighted by Gasteiger charge is 2.30. The number of aliphatic hydroxyl groups excluding tert-OH is 1. The Hall–Kier alpha value is -1.94. The van der Waals surface area contributed by atoms with Crippen LogP contribution in [0.3, 0.4) is 0 Å². The minimum absolute atomic E-state index is 0.105. The zero-order chi connectivity index (χ0) is 67.7. The molecular formula is C73H142O17P2. The van der Waals surface area contributed by atoms with Crippen molar-refractivity contribution in [3.05, 3.63) is 0 Å². The molecule has 546 valence electrons. The molecule has 0 amide bonds. The molecule has 0 fully saturated rings.